The quantitative estimate of drug-likeness (QED) is 0.835. The minimum absolute atomic E-state index is 0.0349. The van der Waals surface area contributed by atoms with E-state index in [0.29, 0.717) is 34.1 Å². The van der Waals surface area contributed by atoms with Gasteiger partial charge in [-0.1, -0.05) is 13.0 Å². The van der Waals surface area contributed by atoms with Gasteiger partial charge in [-0.05, 0) is 36.8 Å². The predicted molar refractivity (Wildman–Crippen MR) is 99.2 cm³/mol. The number of ether oxygens (including phenoxy) is 4. The van der Waals surface area contributed by atoms with Crippen molar-refractivity contribution in [3.63, 3.8) is 0 Å². The van der Waals surface area contributed by atoms with Gasteiger partial charge in [0.1, 0.15) is 11.2 Å². The molecule has 2 aliphatic rings. The Kier molecular flexibility index (Phi) is 4.06. The lowest BCUT2D eigenvalue weighted by atomic mass is 9.62. The Morgan fingerprint density at radius 1 is 1.04 bits per heavy atom. The first-order valence-electron chi connectivity index (χ1n) is 8.91. The molecule has 7 heteroatoms. The van der Waals surface area contributed by atoms with Gasteiger partial charge >= 0.3 is 0 Å². The number of benzene rings is 2. The monoisotopic (exact) mass is 386 g/mol. The minimum atomic E-state index is -1.79. The summed E-state index contributed by atoms with van der Waals surface area (Å²) in [4.78, 5) is 13.0. The lowest BCUT2D eigenvalue weighted by molar-refractivity contribution is -0.0819. The van der Waals surface area contributed by atoms with Crippen LogP contribution in [0.4, 0.5) is 0 Å². The number of ketones is 1. The Bertz CT molecular complexity index is 965. The molecule has 2 N–H and O–H groups in total. The summed E-state index contributed by atoms with van der Waals surface area (Å²) < 4.78 is 21.5. The molecule has 7 nitrogen and oxygen atoms in total. The van der Waals surface area contributed by atoms with Gasteiger partial charge in [-0.25, -0.2) is 0 Å². The Morgan fingerprint density at radius 2 is 1.68 bits per heavy atom. The maximum absolute atomic E-state index is 13.0. The lowest BCUT2D eigenvalue weighted by Crippen LogP contribution is -2.56. The minimum Gasteiger partial charge on any atom is -0.493 e. The summed E-state index contributed by atoms with van der Waals surface area (Å²) in [5.41, 5.74) is -2.45. The van der Waals surface area contributed by atoms with Crippen LogP contribution in [0.3, 0.4) is 0 Å². The highest BCUT2D eigenvalue weighted by Gasteiger charge is 2.56. The van der Waals surface area contributed by atoms with Gasteiger partial charge in [0.05, 0.1) is 14.2 Å². The molecule has 0 radical (unpaired) electrons. The first-order chi connectivity index (χ1) is 13.2. The SMILES string of the molecule is COc1ccc(C2(O)c3cc4c(cc3C(=O)C(C)(O)C2C)OCO4)cc1OC. The highest BCUT2D eigenvalue weighted by molar-refractivity contribution is 6.06. The number of hydrogen-bond acceptors (Lipinski definition) is 7. The van der Waals surface area contributed by atoms with Gasteiger partial charge in [-0.2, -0.15) is 0 Å². The van der Waals surface area contributed by atoms with Crippen LogP contribution < -0.4 is 18.9 Å². The molecule has 1 heterocycles. The molecule has 2 aromatic rings. The highest BCUT2D eigenvalue weighted by atomic mass is 16.7. The summed E-state index contributed by atoms with van der Waals surface area (Å²) in [5, 5.41) is 22.9. The van der Waals surface area contributed by atoms with E-state index in [9.17, 15) is 15.0 Å². The second-order valence-electron chi connectivity index (χ2n) is 7.29. The van der Waals surface area contributed by atoms with Crippen LogP contribution >= 0.6 is 0 Å². The van der Waals surface area contributed by atoms with Gasteiger partial charge < -0.3 is 29.2 Å². The number of aliphatic hydroxyl groups is 2. The third kappa shape index (κ3) is 2.33. The Labute approximate surface area is 162 Å². The molecule has 0 bridgehead atoms. The zero-order valence-corrected chi connectivity index (χ0v) is 16.1. The van der Waals surface area contributed by atoms with E-state index in [1.54, 1.807) is 31.2 Å². The predicted octanol–water partition coefficient (Wildman–Crippen LogP) is 2.25. The van der Waals surface area contributed by atoms with Crippen LogP contribution in [0.5, 0.6) is 23.0 Å². The zero-order chi connectivity index (χ0) is 20.3. The molecule has 3 unspecified atom stereocenters. The molecule has 0 spiro atoms. The number of fused-ring (bicyclic) bond motifs is 2. The number of rotatable bonds is 3. The summed E-state index contributed by atoms with van der Waals surface area (Å²) in [7, 11) is 3.02. The van der Waals surface area contributed by atoms with Crippen LogP contribution in [0, 0.1) is 5.92 Å². The second-order valence-corrected chi connectivity index (χ2v) is 7.29. The molecule has 148 valence electrons. The van der Waals surface area contributed by atoms with Crippen molar-refractivity contribution >= 4 is 5.78 Å². The number of methoxy groups -OCH3 is 2. The van der Waals surface area contributed by atoms with Crippen LogP contribution in [0.15, 0.2) is 30.3 Å². The molecule has 0 aromatic heterocycles. The molecule has 28 heavy (non-hydrogen) atoms. The Morgan fingerprint density at radius 3 is 2.32 bits per heavy atom. The van der Waals surface area contributed by atoms with E-state index in [0.717, 1.165) is 0 Å². The van der Waals surface area contributed by atoms with Gasteiger partial charge in [0.25, 0.3) is 0 Å². The van der Waals surface area contributed by atoms with Crippen molar-refractivity contribution in [1.29, 1.82) is 0 Å². The summed E-state index contributed by atoms with van der Waals surface area (Å²) in [6.07, 6.45) is 0. The van der Waals surface area contributed by atoms with E-state index in [1.165, 1.54) is 27.2 Å². The first kappa shape index (κ1) is 18.6. The van der Waals surface area contributed by atoms with Crippen LogP contribution in [-0.4, -0.2) is 42.6 Å². The molecular weight excluding hydrogens is 364 g/mol. The van der Waals surface area contributed by atoms with Gasteiger partial charge in [0.2, 0.25) is 6.79 Å². The van der Waals surface area contributed by atoms with Crippen molar-refractivity contribution in [1.82, 2.24) is 0 Å². The van der Waals surface area contributed by atoms with E-state index >= 15 is 0 Å². The smallest absolute Gasteiger partial charge is 0.231 e. The molecule has 0 amide bonds. The molecule has 0 fully saturated rings. The third-order valence-electron chi connectivity index (χ3n) is 5.92. The van der Waals surface area contributed by atoms with Crippen LogP contribution in [0.25, 0.3) is 0 Å². The largest absolute Gasteiger partial charge is 0.493 e. The maximum Gasteiger partial charge on any atom is 0.231 e. The number of hydrogen-bond donors (Lipinski definition) is 2. The van der Waals surface area contributed by atoms with E-state index in [-0.39, 0.29) is 12.4 Å². The Balaban J connectivity index is 2.00. The fourth-order valence-corrected chi connectivity index (χ4v) is 4.03. The van der Waals surface area contributed by atoms with Crippen molar-refractivity contribution in [2.75, 3.05) is 21.0 Å². The molecule has 2 aromatic carbocycles. The molecule has 0 saturated heterocycles. The normalized spacial score (nSPS) is 28.1. The van der Waals surface area contributed by atoms with Crippen molar-refractivity contribution in [2.45, 2.75) is 25.0 Å². The van der Waals surface area contributed by atoms with Crippen LogP contribution in [0.2, 0.25) is 0 Å². The number of carbonyl (C=O) groups excluding carboxylic acids is 1. The molecule has 0 saturated carbocycles. The van der Waals surface area contributed by atoms with E-state index in [4.69, 9.17) is 18.9 Å². The molecule has 1 aliphatic heterocycles. The number of Topliss-reactive ketones (excluding diaryl/α,β-unsaturated/α-hetero) is 1. The van der Waals surface area contributed by atoms with Gasteiger partial charge in [0, 0.05) is 17.0 Å². The lowest BCUT2D eigenvalue weighted by Gasteiger charge is -2.47. The van der Waals surface area contributed by atoms with E-state index in [2.05, 4.69) is 0 Å². The van der Waals surface area contributed by atoms with E-state index < -0.39 is 22.9 Å². The Hall–Kier alpha value is -2.77. The fraction of sp³-hybridized carbons (Fsp3) is 0.381. The van der Waals surface area contributed by atoms with Crippen LogP contribution in [0.1, 0.15) is 35.3 Å². The van der Waals surface area contributed by atoms with Gasteiger partial charge in [-0.3, -0.25) is 4.79 Å². The third-order valence-corrected chi connectivity index (χ3v) is 5.92. The molecular formula is C21H22O7. The average Bonchev–Trinajstić information content (AvgIpc) is 3.17. The van der Waals surface area contributed by atoms with Crippen molar-refractivity contribution in [3.8, 4) is 23.0 Å². The highest BCUT2D eigenvalue weighted by Crippen LogP contribution is 2.52. The van der Waals surface area contributed by atoms with Crippen molar-refractivity contribution < 1.29 is 34.0 Å². The second kappa shape index (κ2) is 6.12. The van der Waals surface area contributed by atoms with Crippen molar-refractivity contribution in [3.05, 3.63) is 47.0 Å². The van der Waals surface area contributed by atoms with E-state index in [1.807, 2.05) is 0 Å². The standard InChI is InChI=1S/C21H22O7/c1-11-20(2,23)19(22)13-8-17-18(28-10-27-17)9-14(13)21(11,24)12-5-6-15(25-3)16(7-12)26-4/h5-9,11,23-24H,10H2,1-4H3. The summed E-state index contributed by atoms with van der Waals surface area (Å²) in [6, 6.07) is 8.15. The van der Waals surface area contributed by atoms with Gasteiger partial charge in [-0.15, -0.1) is 0 Å². The first-order valence-corrected chi connectivity index (χ1v) is 8.91. The summed E-state index contributed by atoms with van der Waals surface area (Å²) >= 11 is 0. The molecule has 3 atom stereocenters. The maximum atomic E-state index is 13.0. The van der Waals surface area contributed by atoms with Crippen molar-refractivity contribution in [2.24, 2.45) is 5.92 Å². The summed E-state index contributed by atoms with van der Waals surface area (Å²) in [5.74, 6) is 0.467. The van der Waals surface area contributed by atoms with Gasteiger partial charge in [0.15, 0.2) is 28.8 Å². The van der Waals surface area contributed by atoms with Crippen LogP contribution in [-0.2, 0) is 5.60 Å². The summed E-state index contributed by atoms with van der Waals surface area (Å²) in [6.45, 7) is 3.09. The molecule has 4 rings (SSSR count). The number of carbonyl (C=O) groups is 1. The molecule has 1 aliphatic carbocycles. The average molecular weight is 386 g/mol. The zero-order valence-electron chi connectivity index (χ0n) is 16.1. The fourth-order valence-electron chi connectivity index (χ4n) is 4.03. The topological polar surface area (TPSA) is 94.5 Å².